The Balaban J connectivity index is 1.77. The Bertz CT molecular complexity index is 1030. The van der Waals surface area contributed by atoms with Gasteiger partial charge in [0.05, 0.1) is 0 Å². The number of imidazole rings is 1. The van der Waals surface area contributed by atoms with Gasteiger partial charge in [-0.2, -0.15) is 14.4 Å². The van der Waals surface area contributed by atoms with E-state index in [1.54, 1.807) is 4.57 Å². The molecule has 0 atom stereocenters. The second kappa shape index (κ2) is 7.37. The number of fused-ring (bicyclic) bond motifs is 2. The maximum Gasteiger partial charge on any atom is 0.312 e. The molecule has 0 saturated heterocycles. The van der Waals surface area contributed by atoms with Gasteiger partial charge in [0.1, 0.15) is 5.82 Å². The topological polar surface area (TPSA) is 98.7 Å². The lowest BCUT2D eigenvalue weighted by Crippen LogP contribution is -2.19. The predicted octanol–water partition coefficient (Wildman–Crippen LogP) is 1.98. The fourth-order valence-electron chi connectivity index (χ4n) is 3.60. The van der Waals surface area contributed by atoms with E-state index in [2.05, 4.69) is 55.0 Å². The van der Waals surface area contributed by atoms with Gasteiger partial charge >= 0.3 is 6.08 Å². The second-order valence-electron chi connectivity index (χ2n) is 6.54. The van der Waals surface area contributed by atoms with Crippen molar-refractivity contribution in [2.24, 2.45) is 0 Å². The second-order valence-corrected chi connectivity index (χ2v) is 7.71. The van der Waals surface area contributed by atoms with E-state index in [-0.39, 0.29) is 5.82 Å². The summed E-state index contributed by atoms with van der Waals surface area (Å²) in [5.74, 6) is 0.740. The minimum absolute atomic E-state index is 0.0181. The quantitative estimate of drug-likeness (QED) is 0.243. The minimum Gasteiger partial charge on any atom is -0.382 e. The number of anilines is 1. The van der Waals surface area contributed by atoms with E-state index < -0.39 is 6.08 Å². The zero-order chi connectivity index (χ0) is 19.0. The molecule has 1 aliphatic carbocycles. The van der Waals surface area contributed by atoms with Crippen LogP contribution in [0.2, 0.25) is 0 Å². The number of aryl methyl sites for hydroxylation is 2. The Morgan fingerprint density at radius 3 is 2.81 bits per heavy atom. The standard InChI is InChI=1S/C18H18FIN6O/c19-18-24-16(21)15-17(25-18)26(5-4-22-9-27)14(23-15)8-12-6-10-2-1-3-11(10)7-13(12)20/h6-7,9H,1-5,8H2,(H,22,27)(H2,21,24,25). The van der Waals surface area contributed by atoms with E-state index in [0.717, 1.165) is 18.7 Å². The summed E-state index contributed by atoms with van der Waals surface area (Å²) in [4.78, 5) is 22.6. The molecule has 0 radical (unpaired) electrons. The molecule has 0 aliphatic heterocycles. The molecular formula is C18H18FIN6O. The van der Waals surface area contributed by atoms with Gasteiger partial charge in [0, 0.05) is 23.1 Å². The number of aromatic nitrogens is 4. The maximum atomic E-state index is 13.7. The Hall–Kier alpha value is -2.30. The van der Waals surface area contributed by atoms with Crippen molar-refractivity contribution in [3.05, 3.63) is 44.3 Å². The number of hydrogen-bond donors (Lipinski definition) is 2. The van der Waals surface area contributed by atoms with Gasteiger partial charge in [0.2, 0.25) is 6.41 Å². The number of amides is 1. The lowest BCUT2D eigenvalue weighted by Gasteiger charge is -2.11. The number of rotatable bonds is 6. The van der Waals surface area contributed by atoms with E-state index in [1.807, 2.05) is 0 Å². The third-order valence-electron chi connectivity index (χ3n) is 4.85. The third-order valence-corrected chi connectivity index (χ3v) is 5.85. The molecule has 3 N–H and O–H groups in total. The molecule has 2 heterocycles. The Kier molecular flexibility index (Phi) is 4.94. The zero-order valence-corrected chi connectivity index (χ0v) is 16.7. The van der Waals surface area contributed by atoms with Crippen molar-refractivity contribution in [3.8, 4) is 0 Å². The van der Waals surface area contributed by atoms with Crippen molar-refractivity contribution in [2.45, 2.75) is 32.2 Å². The molecule has 140 valence electrons. The summed E-state index contributed by atoms with van der Waals surface area (Å²) in [5, 5.41) is 2.62. The van der Waals surface area contributed by atoms with Crippen molar-refractivity contribution >= 4 is 46.0 Å². The summed E-state index contributed by atoms with van der Waals surface area (Å²) in [6, 6.07) is 4.49. The first-order valence-corrected chi connectivity index (χ1v) is 9.80. The van der Waals surface area contributed by atoms with Crippen molar-refractivity contribution in [3.63, 3.8) is 0 Å². The van der Waals surface area contributed by atoms with Crippen LogP contribution in [0.1, 0.15) is 28.9 Å². The fraction of sp³-hybridized carbons (Fsp3) is 0.333. The number of nitrogen functional groups attached to an aromatic ring is 1. The average Bonchev–Trinajstić information content (AvgIpc) is 3.20. The van der Waals surface area contributed by atoms with Gasteiger partial charge in [-0.05, 0) is 64.6 Å². The molecule has 0 unspecified atom stereocenters. The molecule has 1 aromatic carbocycles. The largest absolute Gasteiger partial charge is 0.382 e. The van der Waals surface area contributed by atoms with Crippen LogP contribution in [0.25, 0.3) is 11.2 Å². The van der Waals surface area contributed by atoms with Gasteiger partial charge in [0.15, 0.2) is 17.0 Å². The molecule has 7 nitrogen and oxygen atoms in total. The maximum absolute atomic E-state index is 13.7. The summed E-state index contributed by atoms with van der Waals surface area (Å²) in [7, 11) is 0. The number of carbonyl (C=O) groups is 1. The van der Waals surface area contributed by atoms with E-state index >= 15 is 0 Å². The summed E-state index contributed by atoms with van der Waals surface area (Å²) in [6.45, 7) is 0.802. The first kappa shape index (κ1) is 18.1. The van der Waals surface area contributed by atoms with Crippen LogP contribution in [-0.4, -0.2) is 32.5 Å². The normalized spacial score (nSPS) is 13.1. The summed E-state index contributed by atoms with van der Waals surface area (Å²) < 4.78 is 16.7. The van der Waals surface area contributed by atoms with E-state index in [0.29, 0.717) is 37.1 Å². The molecule has 0 bridgehead atoms. The van der Waals surface area contributed by atoms with Gasteiger partial charge in [-0.1, -0.05) is 6.07 Å². The van der Waals surface area contributed by atoms with Crippen LogP contribution in [-0.2, 0) is 30.6 Å². The van der Waals surface area contributed by atoms with Crippen LogP contribution < -0.4 is 11.1 Å². The number of nitrogens with one attached hydrogen (secondary N) is 1. The summed E-state index contributed by atoms with van der Waals surface area (Å²) in [6.07, 6.45) is 3.74. The first-order valence-electron chi connectivity index (χ1n) is 8.72. The first-order chi connectivity index (χ1) is 13.1. The van der Waals surface area contributed by atoms with Crippen molar-refractivity contribution in [1.29, 1.82) is 0 Å². The fourth-order valence-corrected chi connectivity index (χ4v) is 4.32. The van der Waals surface area contributed by atoms with Crippen LogP contribution in [0.4, 0.5) is 10.2 Å². The third kappa shape index (κ3) is 3.47. The molecule has 0 fully saturated rings. The van der Waals surface area contributed by atoms with Crippen LogP contribution in [0, 0.1) is 9.65 Å². The molecule has 0 spiro atoms. The van der Waals surface area contributed by atoms with Crippen LogP contribution in [0.5, 0.6) is 0 Å². The predicted molar refractivity (Wildman–Crippen MR) is 108 cm³/mol. The lowest BCUT2D eigenvalue weighted by atomic mass is 10.0. The van der Waals surface area contributed by atoms with Gasteiger partial charge in [0.25, 0.3) is 0 Å². The van der Waals surface area contributed by atoms with Crippen molar-refractivity contribution in [2.75, 3.05) is 12.3 Å². The number of benzene rings is 1. The summed E-state index contributed by atoms with van der Waals surface area (Å²) in [5.41, 5.74) is 10.6. The Morgan fingerprint density at radius 2 is 2.04 bits per heavy atom. The highest BCUT2D eigenvalue weighted by atomic mass is 127. The molecule has 27 heavy (non-hydrogen) atoms. The zero-order valence-electron chi connectivity index (χ0n) is 14.5. The lowest BCUT2D eigenvalue weighted by molar-refractivity contribution is -0.109. The van der Waals surface area contributed by atoms with Crippen molar-refractivity contribution < 1.29 is 9.18 Å². The van der Waals surface area contributed by atoms with Crippen LogP contribution in [0.15, 0.2) is 12.1 Å². The molecule has 1 amide bonds. The van der Waals surface area contributed by atoms with E-state index in [4.69, 9.17) is 5.73 Å². The number of carbonyl (C=O) groups excluding carboxylic acids is 1. The molecule has 4 rings (SSSR count). The van der Waals surface area contributed by atoms with Crippen LogP contribution in [0.3, 0.4) is 0 Å². The molecule has 1 aliphatic rings. The Labute approximate surface area is 168 Å². The van der Waals surface area contributed by atoms with Gasteiger partial charge in [-0.3, -0.25) is 4.79 Å². The molecular weight excluding hydrogens is 462 g/mol. The van der Waals surface area contributed by atoms with Gasteiger partial charge in [-0.15, -0.1) is 0 Å². The van der Waals surface area contributed by atoms with Gasteiger partial charge in [-0.25, -0.2) is 4.98 Å². The minimum atomic E-state index is -0.886. The number of nitrogens with two attached hydrogens (primary N) is 1. The van der Waals surface area contributed by atoms with E-state index in [9.17, 15) is 9.18 Å². The van der Waals surface area contributed by atoms with E-state index in [1.165, 1.54) is 26.7 Å². The number of nitrogens with zero attached hydrogens (tertiary/aromatic N) is 4. The molecule has 3 aromatic rings. The highest BCUT2D eigenvalue weighted by molar-refractivity contribution is 14.1. The highest BCUT2D eigenvalue weighted by Gasteiger charge is 2.19. The highest BCUT2D eigenvalue weighted by Crippen LogP contribution is 2.29. The summed E-state index contributed by atoms with van der Waals surface area (Å²) >= 11 is 2.35. The van der Waals surface area contributed by atoms with Crippen LogP contribution >= 0.6 is 22.6 Å². The molecule has 0 saturated carbocycles. The monoisotopic (exact) mass is 480 g/mol. The molecule has 2 aromatic heterocycles. The Morgan fingerprint density at radius 1 is 1.26 bits per heavy atom. The number of hydrogen-bond acceptors (Lipinski definition) is 5. The molecule has 9 heteroatoms. The SMILES string of the molecule is Nc1nc(F)nc2c1nc(Cc1cc3c(cc1I)CCC3)n2CCNC=O. The average molecular weight is 480 g/mol. The van der Waals surface area contributed by atoms with Crippen molar-refractivity contribution in [1.82, 2.24) is 24.8 Å². The van der Waals surface area contributed by atoms with Gasteiger partial charge < -0.3 is 15.6 Å². The number of halogens is 2. The smallest absolute Gasteiger partial charge is 0.312 e.